The molecule has 1 aromatic rings. The van der Waals surface area contributed by atoms with Crippen LogP contribution in [0.15, 0.2) is 23.1 Å². The summed E-state index contributed by atoms with van der Waals surface area (Å²) in [5, 5.41) is -0.429. The Hall–Kier alpha value is -2.48. The molecule has 28 heavy (non-hydrogen) atoms. The quantitative estimate of drug-likeness (QED) is 0.702. The minimum atomic E-state index is -0.456. The molecule has 2 aliphatic heterocycles. The third kappa shape index (κ3) is 4.49. The van der Waals surface area contributed by atoms with Crippen LogP contribution in [0.4, 0.5) is 4.79 Å². The van der Waals surface area contributed by atoms with Gasteiger partial charge < -0.3 is 14.4 Å². The monoisotopic (exact) mass is 404 g/mol. The van der Waals surface area contributed by atoms with E-state index in [1.807, 2.05) is 0 Å². The fraction of sp³-hybridized carbons (Fsp3) is 0.450. The van der Waals surface area contributed by atoms with Gasteiger partial charge in [-0.25, -0.2) is 0 Å². The molecule has 3 amide bonds. The zero-order valence-electron chi connectivity index (χ0n) is 16.1. The minimum absolute atomic E-state index is 0.176. The molecule has 3 rings (SSSR count). The second kappa shape index (κ2) is 9.14. The number of thioether (sulfide) groups is 1. The van der Waals surface area contributed by atoms with E-state index in [0.717, 1.165) is 42.3 Å². The molecule has 8 heteroatoms. The number of imide groups is 1. The van der Waals surface area contributed by atoms with Gasteiger partial charge in [0.15, 0.2) is 0 Å². The number of benzene rings is 1. The molecule has 150 valence electrons. The van der Waals surface area contributed by atoms with Gasteiger partial charge in [0.1, 0.15) is 18.0 Å². The lowest BCUT2D eigenvalue weighted by Crippen LogP contribution is -2.42. The molecule has 0 bridgehead atoms. The van der Waals surface area contributed by atoms with E-state index in [4.69, 9.17) is 9.47 Å². The van der Waals surface area contributed by atoms with Crippen LogP contribution in [0.2, 0.25) is 0 Å². The third-order valence-corrected chi connectivity index (χ3v) is 5.76. The van der Waals surface area contributed by atoms with Crippen molar-refractivity contribution in [1.29, 1.82) is 0 Å². The number of hydrogen-bond acceptors (Lipinski definition) is 6. The van der Waals surface area contributed by atoms with Crippen LogP contribution in [-0.4, -0.2) is 60.7 Å². The highest BCUT2D eigenvalue weighted by atomic mass is 32.2. The number of hydrogen-bond donors (Lipinski definition) is 0. The number of methoxy groups -OCH3 is 2. The fourth-order valence-corrected chi connectivity index (χ4v) is 4.11. The Morgan fingerprint density at radius 1 is 1.11 bits per heavy atom. The van der Waals surface area contributed by atoms with E-state index in [9.17, 15) is 14.4 Å². The van der Waals surface area contributed by atoms with Crippen molar-refractivity contribution in [2.24, 2.45) is 0 Å². The molecular formula is C20H24N2O5S. The van der Waals surface area contributed by atoms with Crippen LogP contribution in [0.25, 0.3) is 6.08 Å². The molecule has 0 aromatic heterocycles. The van der Waals surface area contributed by atoms with Crippen molar-refractivity contribution in [3.8, 4) is 11.5 Å². The standard InChI is InChI=1S/C20H24N2O5S/c1-26-15-7-8-16(27-2)14(11-15)12-17-19(24)22(20(25)28-17)13-18(23)21-9-5-3-4-6-10-21/h7-8,11-12H,3-6,9-10,13H2,1-2H3. The first kappa shape index (κ1) is 20.3. The molecule has 0 saturated carbocycles. The summed E-state index contributed by atoms with van der Waals surface area (Å²) >= 11 is 0.833. The Morgan fingerprint density at radius 3 is 2.46 bits per heavy atom. The molecule has 0 N–H and O–H groups in total. The van der Waals surface area contributed by atoms with Crippen molar-refractivity contribution in [2.45, 2.75) is 25.7 Å². The smallest absolute Gasteiger partial charge is 0.294 e. The summed E-state index contributed by atoms with van der Waals surface area (Å²) in [6.45, 7) is 1.16. The van der Waals surface area contributed by atoms with Gasteiger partial charge in [-0.15, -0.1) is 0 Å². The van der Waals surface area contributed by atoms with Crippen LogP contribution in [0, 0.1) is 0 Å². The maximum absolute atomic E-state index is 12.7. The summed E-state index contributed by atoms with van der Waals surface area (Å²) in [6.07, 6.45) is 5.74. The molecule has 7 nitrogen and oxygen atoms in total. The van der Waals surface area contributed by atoms with Gasteiger partial charge in [-0.1, -0.05) is 12.8 Å². The number of carbonyl (C=O) groups excluding carboxylic acids is 3. The molecule has 2 saturated heterocycles. The number of ether oxygens (including phenoxy) is 2. The number of likely N-dealkylation sites (tertiary alicyclic amines) is 1. The van der Waals surface area contributed by atoms with Crippen molar-refractivity contribution < 1.29 is 23.9 Å². The highest BCUT2D eigenvalue weighted by Crippen LogP contribution is 2.35. The van der Waals surface area contributed by atoms with Crippen LogP contribution < -0.4 is 9.47 Å². The van der Waals surface area contributed by atoms with Gasteiger partial charge in [0, 0.05) is 18.7 Å². The third-order valence-electron chi connectivity index (χ3n) is 4.85. The van der Waals surface area contributed by atoms with Gasteiger partial charge in [0.25, 0.3) is 11.1 Å². The van der Waals surface area contributed by atoms with E-state index in [-0.39, 0.29) is 17.4 Å². The van der Waals surface area contributed by atoms with Crippen LogP contribution in [0.5, 0.6) is 11.5 Å². The highest BCUT2D eigenvalue weighted by Gasteiger charge is 2.37. The van der Waals surface area contributed by atoms with Crippen molar-refractivity contribution >= 4 is 34.9 Å². The van der Waals surface area contributed by atoms with E-state index >= 15 is 0 Å². The summed E-state index contributed by atoms with van der Waals surface area (Å²) in [7, 11) is 3.08. The van der Waals surface area contributed by atoms with Crippen molar-refractivity contribution in [2.75, 3.05) is 33.9 Å². The predicted octanol–water partition coefficient (Wildman–Crippen LogP) is 3.14. The van der Waals surface area contributed by atoms with Crippen LogP contribution in [0.1, 0.15) is 31.2 Å². The maximum Gasteiger partial charge on any atom is 0.294 e. The van der Waals surface area contributed by atoms with E-state index in [0.29, 0.717) is 30.2 Å². The first-order valence-electron chi connectivity index (χ1n) is 9.28. The Balaban J connectivity index is 1.76. The molecule has 2 aliphatic rings. The topological polar surface area (TPSA) is 76.2 Å². The zero-order valence-corrected chi connectivity index (χ0v) is 16.9. The molecular weight excluding hydrogens is 380 g/mol. The number of nitrogens with zero attached hydrogens (tertiary/aromatic N) is 2. The van der Waals surface area contributed by atoms with Crippen molar-refractivity contribution in [1.82, 2.24) is 9.80 Å². The largest absolute Gasteiger partial charge is 0.497 e. The Labute approximate surface area is 168 Å². The molecule has 1 aromatic carbocycles. The normalized spacial score (nSPS) is 19.1. The molecule has 0 atom stereocenters. The van der Waals surface area contributed by atoms with E-state index in [1.54, 1.807) is 36.3 Å². The van der Waals surface area contributed by atoms with Gasteiger partial charge in [0.2, 0.25) is 5.91 Å². The van der Waals surface area contributed by atoms with Crippen molar-refractivity contribution in [3.05, 3.63) is 28.7 Å². The Morgan fingerprint density at radius 2 is 1.82 bits per heavy atom. The van der Waals surface area contributed by atoms with E-state index < -0.39 is 11.1 Å². The zero-order chi connectivity index (χ0) is 20.1. The van der Waals surface area contributed by atoms with Gasteiger partial charge in [-0.05, 0) is 48.9 Å². The summed E-state index contributed by atoms with van der Waals surface area (Å²) in [5.41, 5.74) is 0.631. The first-order chi connectivity index (χ1) is 13.5. The fourth-order valence-electron chi connectivity index (χ4n) is 3.29. The van der Waals surface area contributed by atoms with Crippen LogP contribution >= 0.6 is 11.8 Å². The molecule has 2 fully saturated rings. The first-order valence-corrected chi connectivity index (χ1v) is 10.1. The van der Waals surface area contributed by atoms with E-state index in [2.05, 4.69) is 0 Å². The predicted molar refractivity (Wildman–Crippen MR) is 107 cm³/mol. The molecule has 0 aliphatic carbocycles. The molecule has 2 heterocycles. The molecule has 0 unspecified atom stereocenters. The van der Waals surface area contributed by atoms with Gasteiger partial charge >= 0.3 is 0 Å². The van der Waals surface area contributed by atoms with Crippen LogP contribution in [0.3, 0.4) is 0 Å². The maximum atomic E-state index is 12.7. The SMILES string of the molecule is COc1ccc(OC)c(C=C2SC(=O)N(CC(=O)N3CCCCCC3)C2=O)c1. The lowest BCUT2D eigenvalue weighted by molar-refractivity contribution is -0.135. The summed E-state index contributed by atoms with van der Waals surface area (Å²) < 4.78 is 10.5. The van der Waals surface area contributed by atoms with Crippen LogP contribution in [-0.2, 0) is 9.59 Å². The lowest BCUT2D eigenvalue weighted by atomic mass is 10.1. The number of rotatable bonds is 5. The van der Waals surface area contributed by atoms with Crippen molar-refractivity contribution in [3.63, 3.8) is 0 Å². The van der Waals surface area contributed by atoms with Gasteiger partial charge in [0.05, 0.1) is 19.1 Å². The second-order valence-electron chi connectivity index (χ2n) is 6.67. The highest BCUT2D eigenvalue weighted by molar-refractivity contribution is 8.18. The summed E-state index contributed by atoms with van der Waals surface area (Å²) in [5.74, 6) is 0.545. The number of amides is 3. The molecule has 0 radical (unpaired) electrons. The minimum Gasteiger partial charge on any atom is -0.497 e. The second-order valence-corrected chi connectivity index (χ2v) is 7.66. The number of carbonyl (C=O) groups is 3. The lowest BCUT2D eigenvalue weighted by Gasteiger charge is -2.22. The van der Waals surface area contributed by atoms with E-state index in [1.165, 1.54) is 7.11 Å². The average Bonchev–Trinajstić information content (AvgIpc) is 2.91. The Kier molecular flexibility index (Phi) is 6.61. The van der Waals surface area contributed by atoms with Gasteiger partial charge in [-0.2, -0.15) is 0 Å². The summed E-state index contributed by atoms with van der Waals surface area (Å²) in [6, 6.07) is 5.22. The molecule has 0 spiro atoms. The summed E-state index contributed by atoms with van der Waals surface area (Å²) in [4.78, 5) is 40.7. The average molecular weight is 404 g/mol. The Bertz CT molecular complexity index is 800. The van der Waals surface area contributed by atoms with Gasteiger partial charge in [-0.3, -0.25) is 19.3 Å².